The minimum atomic E-state index is 0.120. The van der Waals surface area contributed by atoms with Crippen molar-refractivity contribution < 1.29 is 4.74 Å². The fourth-order valence-electron chi connectivity index (χ4n) is 4.05. The molecule has 1 aliphatic rings. The number of ether oxygens (including phenoxy) is 1. The fraction of sp³-hybridized carbons (Fsp3) is 0.524. The third kappa shape index (κ3) is 2.74. The number of benzene rings is 1. The van der Waals surface area contributed by atoms with Gasteiger partial charge in [-0.2, -0.15) is 0 Å². The molecular formula is C21H29NO. The van der Waals surface area contributed by atoms with Gasteiger partial charge in [-0.1, -0.05) is 58.0 Å². The molecule has 1 aliphatic heterocycles. The van der Waals surface area contributed by atoms with Crippen LogP contribution in [-0.4, -0.2) is 10.7 Å². The highest BCUT2D eigenvalue weighted by Gasteiger charge is 2.39. The maximum Gasteiger partial charge on any atom is 0.137 e. The largest absolute Gasteiger partial charge is 0.354 e. The van der Waals surface area contributed by atoms with E-state index in [1.807, 2.05) is 0 Å². The minimum Gasteiger partial charge on any atom is -0.354 e. The van der Waals surface area contributed by atoms with E-state index in [0.717, 1.165) is 6.42 Å². The molecule has 1 aromatic carbocycles. The van der Waals surface area contributed by atoms with Gasteiger partial charge in [0.05, 0.1) is 11.6 Å². The second-order valence-corrected chi connectivity index (χ2v) is 7.06. The first-order chi connectivity index (χ1) is 11.1. The molecule has 2 heteroatoms. The van der Waals surface area contributed by atoms with Crippen LogP contribution in [0.4, 0.5) is 0 Å². The van der Waals surface area contributed by atoms with Gasteiger partial charge in [0, 0.05) is 17.5 Å². The maximum atomic E-state index is 6.56. The van der Waals surface area contributed by atoms with E-state index < -0.39 is 0 Å². The van der Waals surface area contributed by atoms with E-state index in [-0.39, 0.29) is 6.23 Å². The number of para-hydroxylation sites is 1. The molecule has 2 nitrogen and oxygen atoms in total. The molecule has 23 heavy (non-hydrogen) atoms. The molecule has 3 rings (SSSR count). The molecule has 0 saturated carbocycles. The van der Waals surface area contributed by atoms with Crippen LogP contribution in [-0.2, 0) is 4.74 Å². The Balaban J connectivity index is 2.08. The molecular weight excluding hydrogens is 282 g/mol. The lowest BCUT2D eigenvalue weighted by molar-refractivity contribution is -0.166. The van der Waals surface area contributed by atoms with Gasteiger partial charge >= 0.3 is 0 Å². The Morgan fingerprint density at radius 1 is 1.09 bits per heavy atom. The molecule has 1 saturated heterocycles. The summed E-state index contributed by atoms with van der Waals surface area (Å²) in [6.45, 7) is 11.4. The third-order valence-electron chi connectivity index (χ3n) is 5.80. The topological polar surface area (TPSA) is 14.2 Å². The van der Waals surface area contributed by atoms with Crippen LogP contribution in [0.15, 0.2) is 36.5 Å². The minimum absolute atomic E-state index is 0.120. The van der Waals surface area contributed by atoms with Crippen molar-refractivity contribution in [1.82, 2.24) is 4.57 Å². The second kappa shape index (κ2) is 6.52. The van der Waals surface area contributed by atoms with Crippen molar-refractivity contribution in [3.63, 3.8) is 0 Å². The summed E-state index contributed by atoms with van der Waals surface area (Å²) >= 11 is 0. The van der Waals surface area contributed by atoms with E-state index >= 15 is 0 Å². The predicted molar refractivity (Wildman–Crippen MR) is 98.3 cm³/mol. The van der Waals surface area contributed by atoms with Gasteiger partial charge in [-0.05, 0) is 36.8 Å². The zero-order valence-corrected chi connectivity index (χ0v) is 15.0. The summed E-state index contributed by atoms with van der Waals surface area (Å²) < 4.78 is 8.92. The van der Waals surface area contributed by atoms with Crippen molar-refractivity contribution in [3.05, 3.63) is 42.1 Å². The van der Waals surface area contributed by atoms with Crippen molar-refractivity contribution in [2.75, 3.05) is 0 Å². The van der Waals surface area contributed by atoms with Crippen LogP contribution in [0, 0.1) is 17.8 Å². The SMILES string of the molecule is C/C=C/c1cn([C@@H]2O[C@H](CC)[C@@H](C)[C@H](C)[C@H]2C)c2ccccc12. The maximum absolute atomic E-state index is 6.56. The lowest BCUT2D eigenvalue weighted by Crippen LogP contribution is -2.42. The lowest BCUT2D eigenvalue weighted by atomic mass is 9.77. The predicted octanol–water partition coefficient (Wildman–Crippen LogP) is 5.89. The van der Waals surface area contributed by atoms with Gasteiger partial charge in [-0.15, -0.1) is 0 Å². The number of hydrogen-bond donors (Lipinski definition) is 0. The molecule has 0 bridgehead atoms. The van der Waals surface area contributed by atoms with E-state index in [1.165, 1.54) is 16.5 Å². The number of hydrogen-bond acceptors (Lipinski definition) is 1. The molecule has 124 valence electrons. The fourth-order valence-corrected chi connectivity index (χ4v) is 4.05. The van der Waals surface area contributed by atoms with Gasteiger partial charge in [-0.25, -0.2) is 0 Å². The van der Waals surface area contributed by atoms with Gasteiger partial charge < -0.3 is 9.30 Å². The van der Waals surface area contributed by atoms with Crippen molar-refractivity contribution in [2.24, 2.45) is 17.8 Å². The van der Waals surface area contributed by atoms with Crippen molar-refractivity contribution in [3.8, 4) is 0 Å². The zero-order chi connectivity index (χ0) is 16.6. The Labute approximate surface area is 140 Å². The normalized spacial score (nSPS) is 32.0. The zero-order valence-electron chi connectivity index (χ0n) is 15.0. The Morgan fingerprint density at radius 3 is 2.52 bits per heavy atom. The van der Waals surface area contributed by atoms with Crippen molar-refractivity contribution in [2.45, 2.75) is 53.4 Å². The first kappa shape index (κ1) is 16.3. The average Bonchev–Trinajstić information content (AvgIpc) is 2.92. The van der Waals surface area contributed by atoms with Crippen LogP contribution >= 0.6 is 0 Å². The molecule has 0 N–H and O–H groups in total. The number of allylic oxidation sites excluding steroid dienone is 1. The average molecular weight is 311 g/mol. The van der Waals surface area contributed by atoms with Crippen molar-refractivity contribution >= 4 is 17.0 Å². The smallest absolute Gasteiger partial charge is 0.137 e. The second-order valence-electron chi connectivity index (χ2n) is 7.06. The number of rotatable bonds is 3. The van der Waals surface area contributed by atoms with Crippen LogP contribution in [0.25, 0.3) is 17.0 Å². The Kier molecular flexibility index (Phi) is 4.63. The summed E-state index contributed by atoms with van der Waals surface area (Å²) in [6, 6.07) is 8.65. The molecule has 5 atom stereocenters. The number of fused-ring (bicyclic) bond motifs is 1. The highest BCUT2D eigenvalue weighted by atomic mass is 16.5. The lowest BCUT2D eigenvalue weighted by Gasteiger charge is -2.44. The highest BCUT2D eigenvalue weighted by Crippen LogP contribution is 2.42. The molecule has 0 aliphatic carbocycles. The molecule has 0 amide bonds. The third-order valence-corrected chi connectivity index (χ3v) is 5.80. The van der Waals surface area contributed by atoms with Crippen molar-refractivity contribution in [1.29, 1.82) is 0 Å². The Hall–Kier alpha value is -1.54. The first-order valence-corrected chi connectivity index (χ1v) is 8.96. The summed E-state index contributed by atoms with van der Waals surface area (Å²) in [5.41, 5.74) is 2.55. The van der Waals surface area contributed by atoms with Gasteiger partial charge in [0.15, 0.2) is 0 Å². The van der Waals surface area contributed by atoms with E-state index in [2.05, 4.69) is 81.8 Å². The highest BCUT2D eigenvalue weighted by molar-refractivity contribution is 5.89. The van der Waals surface area contributed by atoms with E-state index in [0.29, 0.717) is 23.9 Å². The number of aromatic nitrogens is 1. The van der Waals surface area contributed by atoms with Gasteiger partial charge in [0.25, 0.3) is 0 Å². The molecule has 0 unspecified atom stereocenters. The summed E-state index contributed by atoms with van der Waals surface area (Å²) in [7, 11) is 0. The van der Waals surface area contributed by atoms with E-state index in [1.54, 1.807) is 0 Å². The molecule has 0 spiro atoms. The first-order valence-electron chi connectivity index (χ1n) is 8.96. The van der Waals surface area contributed by atoms with Gasteiger partial charge in [0.1, 0.15) is 6.23 Å². The summed E-state index contributed by atoms with van der Waals surface area (Å²) in [6.07, 6.45) is 8.11. The number of nitrogens with zero attached hydrogens (tertiary/aromatic N) is 1. The Morgan fingerprint density at radius 2 is 1.83 bits per heavy atom. The van der Waals surface area contributed by atoms with Gasteiger partial charge in [0.2, 0.25) is 0 Å². The monoisotopic (exact) mass is 311 g/mol. The quantitative estimate of drug-likeness (QED) is 0.689. The molecule has 1 aromatic heterocycles. The Bertz CT molecular complexity index is 697. The summed E-state index contributed by atoms with van der Waals surface area (Å²) in [4.78, 5) is 0. The molecule has 2 aromatic rings. The molecule has 0 radical (unpaired) electrons. The molecule has 2 heterocycles. The van der Waals surface area contributed by atoms with Gasteiger partial charge in [-0.3, -0.25) is 0 Å². The van der Waals surface area contributed by atoms with Crippen LogP contribution < -0.4 is 0 Å². The van der Waals surface area contributed by atoms with Crippen LogP contribution in [0.3, 0.4) is 0 Å². The summed E-state index contributed by atoms with van der Waals surface area (Å²) in [5.74, 6) is 1.77. The van der Waals surface area contributed by atoms with Crippen LogP contribution in [0.1, 0.15) is 52.8 Å². The summed E-state index contributed by atoms with van der Waals surface area (Å²) in [5, 5.41) is 1.31. The standard InChI is InChI=1S/C21H29NO/c1-6-10-17-13-22(19-12-9-8-11-18(17)19)21-16(5)14(3)15(4)20(7-2)23-21/h6,8-16,20-21H,7H2,1-5H3/b10-6+/t14-,15-,16+,20+,21+/m0/s1. The van der Waals surface area contributed by atoms with Crippen LogP contribution in [0.2, 0.25) is 0 Å². The molecule has 1 fully saturated rings. The van der Waals surface area contributed by atoms with E-state index in [4.69, 9.17) is 4.74 Å². The van der Waals surface area contributed by atoms with E-state index in [9.17, 15) is 0 Å². The van der Waals surface area contributed by atoms with Crippen LogP contribution in [0.5, 0.6) is 0 Å².